The van der Waals surface area contributed by atoms with Gasteiger partial charge in [0.1, 0.15) is 13.7 Å². The van der Waals surface area contributed by atoms with Gasteiger partial charge in [-0.3, -0.25) is 0 Å². The van der Waals surface area contributed by atoms with Crippen molar-refractivity contribution in [2.45, 2.75) is 0 Å². The minimum Gasteiger partial charge on any atom is -0.481 e. The summed E-state index contributed by atoms with van der Waals surface area (Å²) in [5, 5.41) is 0. The maximum Gasteiger partial charge on any atom is 0.205 e. The molecule has 2 radical (unpaired) electrons. The van der Waals surface area contributed by atoms with E-state index >= 15 is 0 Å². The third-order valence-corrected chi connectivity index (χ3v) is 1.04. The summed E-state index contributed by atoms with van der Waals surface area (Å²) in [6.07, 6.45) is 1.05. The summed E-state index contributed by atoms with van der Waals surface area (Å²) in [4.78, 5) is 3.57. The molecule has 0 fully saturated rings. The molecule has 0 bridgehead atoms. The topological polar surface area (TPSA) is 22.1 Å². The highest BCUT2D eigenvalue weighted by atomic mass is 19.1. The Morgan fingerprint density at radius 2 is 2.40 bits per heavy atom. The average molecular weight is 137 g/mol. The summed E-state index contributed by atoms with van der Waals surface area (Å²) < 4.78 is 17.0. The summed E-state index contributed by atoms with van der Waals surface area (Å²) in [6, 6.07) is 1.16. The third kappa shape index (κ3) is 1.26. The molecule has 1 aromatic heterocycles. The van der Waals surface area contributed by atoms with Crippen LogP contribution in [0.15, 0.2) is 12.3 Å². The lowest BCUT2D eigenvalue weighted by Gasteiger charge is -2.00. The number of hydrogen-bond acceptors (Lipinski definition) is 2. The zero-order valence-electron chi connectivity index (χ0n) is 5.47. The van der Waals surface area contributed by atoms with E-state index in [1.165, 1.54) is 7.11 Å². The van der Waals surface area contributed by atoms with Gasteiger partial charge in [-0.15, -0.1) is 0 Å². The molecule has 0 N–H and O–H groups in total. The van der Waals surface area contributed by atoms with Gasteiger partial charge in [0, 0.05) is 0 Å². The van der Waals surface area contributed by atoms with E-state index in [0.717, 1.165) is 12.3 Å². The van der Waals surface area contributed by atoms with E-state index in [9.17, 15) is 4.39 Å². The van der Waals surface area contributed by atoms with E-state index in [4.69, 9.17) is 12.6 Å². The molecule has 0 atom stereocenters. The first-order valence-electron chi connectivity index (χ1n) is 2.69. The van der Waals surface area contributed by atoms with Gasteiger partial charge < -0.3 is 4.74 Å². The van der Waals surface area contributed by atoms with E-state index < -0.39 is 5.82 Å². The van der Waals surface area contributed by atoms with Crippen molar-refractivity contribution in [3.05, 3.63) is 18.1 Å². The number of aromatic nitrogens is 1. The van der Waals surface area contributed by atoms with E-state index in [2.05, 4.69) is 4.98 Å². The summed E-state index contributed by atoms with van der Waals surface area (Å²) in [5.41, 5.74) is 0.211. The van der Waals surface area contributed by atoms with Crippen LogP contribution in [0.25, 0.3) is 0 Å². The summed E-state index contributed by atoms with van der Waals surface area (Å²) in [6.45, 7) is 0. The summed E-state index contributed by atoms with van der Waals surface area (Å²) in [5.74, 6) is -0.209. The highest BCUT2D eigenvalue weighted by molar-refractivity contribution is 6.33. The maximum atomic E-state index is 12.3. The smallest absolute Gasteiger partial charge is 0.205 e. The molecule has 10 heavy (non-hydrogen) atoms. The molecule has 0 aromatic carbocycles. The lowest BCUT2D eigenvalue weighted by molar-refractivity contribution is 0.400. The Bertz CT molecular complexity index is 241. The van der Waals surface area contributed by atoms with Gasteiger partial charge in [0.2, 0.25) is 5.88 Å². The van der Waals surface area contributed by atoms with Gasteiger partial charge in [-0.2, -0.15) is 0 Å². The Kier molecular flexibility index (Phi) is 1.90. The molecular weight excluding hydrogens is 132 g/mol. The molecule has 4 heteroatoms. The SMILES string of the molecule is [B]c1cc(F)cnc1OC. The van der Waals surface area contributed by atoms with Crippen molar-refractivity contribution >= 4 is 13.3 Å². The molecular formula is C6H5BFNO. The standard InChI is InChI=1S/C6H5BFNO/c1-10-6-5(7)2-4(8)3-9-6/h2-3H,1H3. The fourth-order valence-electron chi connectivity index (χ4n) is 0.613. The van der Waals surface area contributed by atoms with Crippen molar-refractivity contribution < 1.29 is 9.13 Å². The van der Waals surface area contributed by atoms with E-state index in [-0.39, 0.29) is 11.3 Å². The molecule has 1 aromatic rings. The second-order valence-electron chi connectivity index (χ2n) is 1.75. The molecule has 1 heterocycles. The van der Waals surface area contributed by atoms with Crippen LogP contribution >= 0.6 is 0 Å². The van der Waals surface area contributed by atoms with E-state index in [1.54, 1.807) is 0 Å². The van der Waals surface area contributed by atoms with Crippen LogP contribution in [0.2, 0.25) is 0 Å². The van der Waals surface area contributed by atoms with Crippen LogP contribution < -0.4 is 10.2 Å². The number of rotatable bonds is 1. The second kappa shape index (κ2) is 2.69. The van der Waals surface area contributed by atoms with Crippen LogP contribution in [0.5, 0.6) is 5.88 Å². The van der Waals surface area contributed by atoms with Crippen molar-refractivity contribution in [1.82, 2.24) is 4.98 Å². The third-order valence-electron chi connectivity index (χ3n) is 1.04. The number of pyridine rings is 1. The number of hydrogen-bond donors (Lipinski definition) is 0. The number of halogens is 1. The summed E-state index contributed by atoms with van der Waals surface area (Å²) >= 11 is 0. The minimum atomic E-state index is -0.460. The van der Waals surface area contributed by atoms with Gasteiger partial charge in [0.25, 0.3) is 0 Å². The molecule has 0 spiro atoms. The zero-order chi connectivity index (χ0) is 7.56. The van der Waals surface area contributed by atoms with Gasteiger partial charge >= 0.3 is 0 Å². The Morgan fingerprint density at radius 3 is 2.90 bits per heavy atom. The Morgan fingerprint density at radius 1 is 1.70 bits per heavy atom. The number of nitrogens with zero attached hydrogens (tertiary/aromatic N) is 1. The largest absolute Gasteiger partial charge is 0.481 e. The van der Waals surface area contributed by atoms with Crippen LogP contribution in [0, 0.1) is 5.82 Å². The fraction of sp³-hybridized carbons (Fsp3) is 0.167. The normalized spacial score (nSPS) is 9.40. The van der Waals surface area contributed by atoms with Crippen LogP contribution in [0.3, 0.4) is 0 Å². The molecule has 0 amide bonds. The molecule has 0 saturated heterocycles. The highest BCUT2D eigenvalue weighted by Crippen LogP contribution is 2.00. The first-order valence-corrected chi connectivity index (χ1v) is 2.69. The first kappa shape index (κ1) is 7.06. The van der Waals surface area contributed by atoms with Crippen molar-refractivity contribution in [3.63, 3.8) is 0 Å². The van der Waals surface area contributed by atoms with Crippen LogP contribution in [0.1, 0.15) is 0 Å². The highest BCUT2D eigenvalue weighted by Gasteiger charge is 1.98. The van der Waals surface area contributed by atoms with Gasteiger partial charge in [-0.25, -0.2) is 9.37 Å². The van der Waals surface area contributed by atoms with Crippen molar-refractivity contribution in [2.75, 3.05) is 7.11 Å². The predicted octanol–water partition coefficient (Wildman–Crippen LogP) is 0.0231. The molecule has 0 aliphatic rings. The minimum absolute atomic E-state index is 0.211. The van der Waals surface area contributed by atoms with Crippen LogP contribution in [0.4, 0.5) is 4.39 Å². The van der Waals surface area contributed by atoms with E-state index in [1.807, 2.05) is 0 Å². The predicted molar refractivity (Wildman–Crippen MR) is 36.1 cm³/mol. The molecule has 0 aliphatic carbocycles. The average Bonchev–Trinajstić information content (AvgIpc) is 1.88. The van der Waals surface area contributed by atoms with Gasteiger partial charge in [-0.1, -0.05) is 0 Å². The van der Waals surface area contributed by atoms with Gasteiger partial charge in [0.15, 0.2) is 0 Å². The molecule has 1 rings (SSSR count). The lowest BCUT2D eigenvalue weighted by Crippen LogP contribution is -2.09. The Labute approximate surface area is 59.4 Å². The lowest BCUT2D eigenvalue weighted by atomic mass is 9.98. The number of ether oxygens (including phenoxy) is 1. The Hall–Kier alpha value is -1.06. The van der Waals surface area contributed by atoms with Crippen LogP contribution in [-0.4, -0.2) is 19.9 Å². The monoisotopic (exact) mass is 137 g/mol. The van der Waals surface area contributed by atoms with Crippen LogP contribution in [-0.2, 0) is 0 Å². The molecule has 0 aliphatic heterocycles. The van der Waals surface area contributed by atoms with Crippen molar-refractivity contribution in [1.29, 1.82) is 0 Å². The molecule has 0 saturated carbocycles. The fourth-order valence-corrected chi connectivity index (χ4v) is 0.613. The molecule has 0 unspecified atom stereocenters. The van der Waals surface area contributed by atoms with Gasteiger partial charge in [0.05, 0.1) is 13.3 Å². The zero-order valence-corrected chi connectivity index (χ0v) is 5.47. The molecule has 50 valence electrons. The van der Waals surface area contributed by atoms with Crippen molar-refractivity contribution in [2.24, 2.45) is 0 Å². The summed E-state index contributed by atoms with van der Waals surface area (Å²) in [7, 11) is 6.73. The number of methoxy groups -OCH3 is 1. The van der Waals surface area contributed by atoms with Crippen molar-refractivity contribution in [3.8, 4) is 5.88 Å². The van der Waals surface area contributed by atoms with E-state index in [0.29, 0.717) is 0 Å². The Balaban J connectivity index is 3.07. The second-order valence-corrected chi connectivity index (χ2v) is 1.75. The first-order chi connectivity index (χ1) is 4.74. The maximum absolute atomic E-state index is 12.3. The van der Waals surface area contributed by atoms with Gasteiger partial charge in [-0.05, 0) is 11.5 Å². The quantitative estimate of drug-likeness (QED) is 0.509. The molecule has 2 nitrogen and oxygen atoms in total.